The van der Waals surface area contributed by atoms with Gasteiger partial charge in [0.25, 0.3) is 0 Å². The van der Waals surface area contributed by atoms with Crippen molar-refractivity contribution in [2.75, 3.05) is 0 Å². The summed E-state index contributed by atoms with van der Waals surface area (Å²) in [5.41, 5.74) is 2.75. The van der Waals surface area contributed by atoms with Crippen molar-refractivity contribution in [3.8, 4) is 0 Å². The Balaban J connectivity index is 2.78. The second-order valence-electron chi connectivity index (χ2n) is 3.82. The van der Waals surface area contributed by atoms with Crippen molar-refractivity contribution in [1.82, 2.24) is 0 Å². The minimum atomic E-state index is 0.787. The first-order valence-corrected chi connectivity index (χ1v) is 4.70. The summed E-state index contributed by atoms with van der Waals surface area (Å²) in [5, 5.41) is 0. The standard InChI is InChI=1S/C12H18/c1-10-5-4-6-11(2)9-12(3)8-7-10/h4,6,8-10H,5,7H2,1-3H3. The Morgan fingerprint density at radius 1 is 1.17 bits per heavy atom. The highest BCUT2D eigenvalue weighted by atomic mass is 14.0. The second kappa shape index (κ2) is 4.30. The zero-order valence-electron chi connectivity index (χ0n) is 8.30. The minimum absolute atomic E-state index is 0.787. The van der Waals surface area contributed by atoms with Gasteiger partial charge in [0.1, 0.15) is 0 Å². The van der Waals surface area contributed by atoms with Crippen molar-refractivity contribution in [3.05, 3.63) is 35.5 Å². The van der Waals surface area contributed by atoms with E-state index in [1.807, 2.05) is 0 Å². The van der Waals surface area contributed by atoms with E-state index in [4.69, 9.17) is 0 Å². The molecule has 0 amide bonds. The third-order valence-corrected chi connectivity index (χ3v) is 2.22. The van der Waals surface area contributed by atoms with Gasteiger partial charge in [0.15, 0.2) is 0 Å². The highest BCUT2D eigenvalue weighted by molar-refractivity contribution is 5.28. The molecule has 1 unspecified atom stereocenters. The smallest absolute Gasteiger partial charge is 0.0316 e. The van der Waals surface area contributed by atoms with Gasteiger partial charge < -0.3 is 0 Å². The first-order chi connectivity index (χ1) is 5.68. The van der Waals surface area contributed by atoms with E-state index >= 15 is 0 Å². The van der Waals surface area contributed by atoms with Gasteiger partial charge in [0.2, 0.25) is 0 Å². The lowest BCUT2D eigenvalue weighted by Crippen LogP contribution is -1.89. The lowest BCUT2D eigenvalue weighted by atomic mass is 10.0. The van der Waals surface area contributed by atoms with Crippen LogP contribution in [0.25, 0.3) is 0 Å². The van der Waals surface area contributed by atoms with Crippen molar-refractivity contribution < 1.29 is 0 Å². The van der Waals surface area contributed by atoms with E-state index in [9.17, 15) is 0 Å². The molecule has 0 aliphatic heterocycles. The van der Waals surface area contributed by atoms with Crippen LogP contribution in [0.2, 0.25) is 0 Å². The minimum Gasteiger partial charge on any atom is -0.0840 e. The van der Waals surface area contributed by atoms with Gasteiger partial charge in [-0.1, -0.05) is 42.4 Å². The highest BCUT2D eigenvalue weighted by Crippen LogP contribution is 2.15. The van der Waals surface area contributed by atoms with E-state index in [0.717, 1.165) is 5.92 Å². The topological polar surface area (TPSA) is 0 Å². The Morgan fingerprint density at radius 3 is 2.67 bits per heavy atom. The first-order valence-electron chi connectivity index (χ1n) is 4.70. The summed E-state index contributed by atoms with van der Waals surface area (Å²) in [7, 11) is 0. The Bertz CT molecular complexity index is 228. The van der Waals surface area contributed by atoms with E-state index < -0.39 is 0 Å². The molecule has 66 valence electrons. The van der Waals surface area contributed by atoms with Crippen molar-refractivity contribution in [1.29, 1.82) is 0 Å². The van der Waals surface area contributed by atoms with Crippen LogP contribution in [-0.2, 0) is 0 Å². The maximum absolute atomic E-state index is 2.33. The van der Waals surface area contributed by atoms with E-state index in [-0.39, 0.29) is 0 Å². The summed E-state index contributed by atoms with van der Waals surface area (Å²) in [4.78, 5) is 0. The van der Waals surface area contributed by atoms with Crippen LogP contribution < -0.4 is 0 Å². The average Bonchev–Trinajstić information content (AvgIpc) is 2.05. The van der Waals surface area contributed by atoms with Crippen molar-refractivity contribution in [3.63, 3.8) is 0 Å². The van der Waals surface area contributed by atoms with Crippen LogP contribution in [0.4, 0.5) is 0 Å². The third-order valence-electron chi connectivity index (χ3n) is 2.22. The molecule has 0 saturated carbocycles. The fourth-order valence-corrected chi connectivity index (χ4v) is 1.44. The summed E-state index contributed by atoms with van der Waals surface area (Å²) >= 11 is 0. The monoisotopic (exact) mass is 162 g/mol. The zero-order chi connectivity index (χ0) is 8.97. The van der Waals surface area contributed by atoms with Crippen molar-refractivity contribution in [2.45, 2.75) is 33.6 Å². The van der Waals surface area contributed by atoms with Crippen LogP contribution in [-0.4, -0.2) is 0 Å². The van der Waals surface area contributed by atoms with E-state index in [2.05, 4.69) is 45.1 Å². The van der Waals surface area contributed by atoms with Crippen LogP contribution in [0.15, 0.2) is 35.5 Å². The van der Waals surface area contributed by atoms with Gasteiger partial charge in [0, 0.05) is 0 Å². The van der Waals surface area contributed by atoms with Gasteiger partial charge in [-0.2, -0.15) is 0 Å². The Hall–Kier alpha value is -0.780. The predicted molar refractivity (Wildman–Crippen MR) is 55.1 cm³/mol. The third kappa shape index (κ3) is 3.08. The van der Waals surface area contributed by atoms with Crippen LogP contribution in [0.3, 0.4) is 0 Å². The largest absolute Gasteiger partial charge is 0.0840 e. The maximum atomic E-state index is 2.33. The van der Waals surface area contributed by atoms with E-state index in [0.29, 0.717) is 0 Å². The van der Waals surface area contributed by atoms with Crippen molar-refractivity contribution in [2.24, 2.45) is 5.92 Å². The molecule has 0 aromatic rings. The first kappa shape index (κ1) is 9.31. The Labute approximate surface area is 75.7 Å². The molecule has 0 heterocycles. The molecule has 0 radical (unpaired) electrons. The lowest BCUT2D eigenvalue weighted by Gasteiger charge is -2.03. The van der Waals surface area contributed by atoms with Gasteiger partial charge in [-0.25, -0.2) is 0 Å². The van der Waals surface area contributed by atoms with Crippen LogP contribution in [0, 0.1) is 5.92 Å². The molecule has 1 rings (SSSR count). The number of rotatable bonds is 0. The van der Waals surface area contributed by atoms with Crippen LogP contribution >= 0.6 is 0 Å². The lowest BCUT2D eigenvalue weighted by molar-refractivity contribution is 0.602. The molecule has 0 N–H and O–H groups in total. The van der Waals surface area contributed by atoms with Gasteiger partial charge in [0.05, 0.1) is 0 Å². The number of allylic oxidation sites excluding steroid dienone is 6. The summed E-state index contributed by atoms with van der Waals surface area (Å²) in [6, 6.07) is 0. The molecule has 1 aliphatic rings. The van der Waals surface area contributed by atoms with Gasteiger partial charge in [-0.3, -0.25) is 0 Å². The van der Waals surface area contributed by atoms with Gasteiger partial charge in [-0.15, -0.1) is 0 Å². The Morgan fingerprint density at radius 2 is 1.92 bits per heavy atom. The maximum Gasteiger partial charge on any atom is -0.0316 e. The van der Waals surface area contributed by atoms with E-state index in [1.165, 1.54) is 24.0 Å². The highest BCUT2D eigenvalue weighted by Gasteiger charge is 1.98. The molecule has 0 aromatic heterocycles. The average molecular weight is 162 g/mol. The molecule has 0 saturated heterocycles. The second-order valence-corrected chi connectivity index (χ2v) is 3.82. The van der Waals surface area contributed by atoms with Gasteiger partial charge >= 0.3 is 0 Å². The molecule has 0 aromatic carbocycles. The predicted octanol–water partition coefficient (Wildman–Crippen LogP) is 3.87. The van der Waals surface area contributed by atoms with E-state index in [1.54, 1.807) is 0 Å². The molecular formula is C12H18. The van der Waals surface area contributed by atoms with Crippen LogP contribution in [0.1, 0.15) is 33.6 Å². The van der Waals surface area contributed by atoms with Gasteiger partial charge in [-0.05, 0) is 32.6 Å². The summed E-state index contributed by atoms with van der Waals surface area (Å²) in [6.45, 7) is 6.63. The summed E-state index contributed by atoms with van der Waals surface area (Å²) in [6.07, 6.45) is 11.5. The molecule has 0 spiro atoms. The molecule has 0 heteroatoms. The summed E-state index contributed by atoms with van der Waals surface area (Å²) in [5.74, 6) is 0.787. The molecule has 0 fully saturated rings. The molecule has 1 aliphatic carbocycles. The fraction of sp³-hybridized carbons (Fsp3) is 0.500. The molecule has 1 atom stereocenters. The molecular weight excluding hydrogens is 144 g/mol. The number of hydrogen-bond acceptors (Lipinski definition) is 0. The summed E-state index contributed by atoms with van der Waals surface area (Å²) < 4.78 is 0. The quantitative estimate of drug-likeness (QED) is 0.507. The SMILES string of the molecule is CC1=CCC(C)CC=CC(C)=C1. The zero-order valence-corrected chi connectivity index (χ0v) is 8.30. The fourth-order valence-electron chi connectivity index (χ4n) is 1.44. The number of hydrogen-bond donors (Lipinski definition) is 0. The molecule has 12 heavy (non-hydrogen) atoms. The van der Waals surface area contributed by atoms with Crippen LogP contribution in [0.5, 0.6) is 0 Å². The molecule has 0 bridgehead atoms. The Kier molecular flexibility index (Phi) is 3.33. The van der Waals surface area contributed by atoms with Crippen molar-refractivity contribution >= 4 is 0 Å². The molecule has 0 nitrogen and oxygen atoms in total. The normalized spacial score (nSPS) is 25.1.